The second-order valence-electron chi connectivity index (χ2n) is 7.91. The van der Waals surface area contributed by atoms with Gasteiger partial charge in [-0.1, -0.05) is 24.3 Å². The average molecular weight is 649 g/mol. The van der Waals surface area contributed by atoms with E-state index in [-0.39, 0.29) is 33.2 Å². The highest BCUT2D eigenvalue weighted by Gasteiger charge is 2.13. The van der Waals surface area contributed by atoms with Crippen molar-refractivity contribution in [2.75, 3.05) is 0 Å². The van der Waals surface area contributed by atoms with Crippen LogP contribution in [0.25, 0.3) is 0 Å². The third kappa shape index (κ3) is 10.9. The van der Waals surface area contributed by atoms with Crippen molar-refractivity contribution in [2.24, 2.45) is 0 Å². The summed E-state index contributed by atoms with van der Waals surface area (Å²) in [5.41, 5.74) is -1.20. The first kappa shape index (κ1) is 38.4. The number of rotatable bonds is 4. The first-order valence-corrected chi connectivity index (χ1v) is 11.5. The van der Waals surface area contributed by atoms with Gasteiger partial charge >= 0.3 is 23.9 Å². The lowest BCUT2D eigenvalue weighted by atomic mass is 10.2. The van der Waals surface area contributed by atoms with Gasteiger partial charge in [0.2, 0.25) is 0 Å². The number of carbonyl (C=O) groups is 4. The van der Waals surface area contributed by atoms with E-state index in [4.69, 9.17) is 61.3 Å². The van der Waals surface area contributed by atoms with Gasteiger partial charge < -0.3 is 61.3 Å². The fourth-order valence-corrected chi connectivity index (χ4v) is 2.82. The minimum atomic E-state index is -1.27. The van der Waals surface area contributed by atoms with Crippen LogP contribution in [0.15, 0.2) is 72.8 Å². The molecule has 16 nitrogen and oxygen atoms in total. The molecule has 0 bridgehead atoms. The molecule has 0 atom stereocenters. The van der Waals surface area contributed by atoms with Gasteiger partial charge in [0.25, 0.3) is 0 Å². The van der Waals surface area contributed by atoms with Crippen molar-refractivity contribution < 1.29 is 80.5 Å². The molecule has 240 valence electrons. The van der Waals surface area contributed by atoms with E-state index in [0.717, 1.165) is 0 Å². The maximum atomic E-state index is 10.3. The van der Waals surface area contributed by atoms with Crippen molar-refractivity contribution >= 4 is 34.8 Å². The van der Waals surface area contributed by atoms with Gasteiger partial charge in [0.15, 0.2) is 46.0 Å². The molecule has 12 N–H and O–H groups in total. The smallest absolute Gasteiger partial charge is 0.339 e. The van der Waals surface area contributed by atoms with Crippen LogP contribution in [-0.4, -0.2) is 96.1 Å². The molecular weight excluding hydrogens is 620 g/mol. The molecule has 0 fully saturated rings. The third-order valence-electron chi connectivity index (χ3n) is 4.98. The van der Waals surface area contributed by atoms with Crippen LogP contribution in [0.4, 0.5) is 0 Å². The molecule has 0 saturated heterocycles. The maximum absolute atomic E-state index is 10.3. The standard InChI is InChI=1S/4C7H6O4.H4Si/c4*8-5-3-1-2-4(6(5)9)7(10)11;/h4*1-3,8-9H,(H,10,11);1H4. The molecule has 0 aliphatic rings. The SMILES string of the molecule is O=C(O)c1cccc(O)c1O.O=C(O)c1cccc(O)c1O.O=C(O)c1cccc(O)c1O.O=C(O)c1cccc(O)c1O.[SiH4]. The molecule has 4 aromatic carbocycles. The zero-order chi connectivity index (χ0) is 33.7. The van der Waals surface area contributed by atoms with Crippen LogP contribution in [0.2, 0.25) is 0 Å². The summed E-state index contributed by atoms with van der Waals surface area (Å²) in [5.74, 6) is -9.15. The van der Waals surface area contributed by atoms with Gasteiger partial charge in [0.1, 0.15) is 22.3 Å². The fourth-order valence-electron chi connectivity index (χ4n) is 2.82. The molecule has 0 aliphatic carbocycles. The number of phenols is 8. The molecule has 0 amide bonds. The molecule has 0 aromatic heterocycles. The van der Waals surface area contributed by atoms with Crippen molar-refractivity contribution in [3.63, 3.8) is 0 Å². The lowest BCUT2D eigenvalue weighted by molar-refractivity contribution is 0.0681. The number of hydrogen-bond acceptors (Lipinski definition) is 12. The Hall–Kier alpha value is -6.62. The molecule has 0 heterocycles. The van der Waals surface area contributed by atoms with Crippen LogP contribution < -0.4 is 0 Å². The largest absolute Gasteiger partial charge is 0.504 e. The molecule has 0 spiro atoms. The zero-order valence-corrected chi connectivity index (χ0v) is 21.9. The van der Waals surface area contributed by atoms with Crippen molar-refractivity contribution in [3.05, 3.63) is 95.1 Å². The lowest BCUT2D eigenvalue weighted by Crippen LogP contribution is -1.95. The van der Waals surface area contributed by atoms with E-state index in [1.165, 1.54) is 72.8 Å². The lowest BCUT2D eigenvalue weighted by Gasteiger charge is -1.99. The number of para-hydroxylation sites is 4. The fraction of sp³-hybridized carbons (Fsp3) is 0. The first-order valence-electron chi connectivity index (χ1n) is 11.5. The van der Waals surface area contributed by atoms with E-state index < -0.39 is 69.9 Å². The number of hydrogen-bond donors (Lipinski definition) is 12. The van der Waals surface area contributed by atoms with E-state index in [2.05, 4.69) is 0 Å². The molecule has 4 rings (SSSR count). The number of aromatic carboxylic acids is 4. The summed E-state index contributed by atoms with van der Waals surface area (Å²) in [6.45, 7) is 0. The predicted octanol–water partition coefficient (Wildman–Crippen LogP) is 1.73. The maximum Gasteiger partial charge on any atom is 0.339 e. The van der Waals surface area contributed by atoms with Crippen LogP contribution in [0.1, 0.15) is 41.4 Å². The summed E-state index contributed by atoms with van der Waals surface area (Å²) in [5, 5.41) is 105. The van der Waals surface area contributed by atoms with Crippen molar-refractivity contribution in [1.82, 2.24) is 0 Å². The number of phenolic OH excluding ortho intramolecular Hbond substituents is 4. The summed E-state index contributed by atoms with van der Waals surface area (Å²) in [4.78, 5) is 41.2. The Kier molecular flexibility index (Phi) is 14.8. The van der Waals surface area contributed by atoms with Gasteiger partial charge in [-0.3, -0.25) is 0 Å². The highest BCUT2D eigenvalue weighted by Crippen LogP contribution is 2.30. The van der Waals surface area contributed by atoms with E-state index in [1.807, 2.05) is 0 Å². The minimum Gasteiger partial charge on any atom is -0.504 e. The Morgan fingerprint density at radius 1 is 0.333 bits per heavy atom. The number of carboxylic acid groups (broad SMARTS) is 4. The van der Waals surface area contributed by atoms with Gasteiger partial charge in [-0.05, 0) is 59.5 Å². The van der Waals surface area contributed by atoms with Gasteiger partial charge in [0, 0.05) is 0 Å². The Morgan fingerprint density at radius 2 is 0.489 bits per heavy atom. The molecule has 0 radical (unpaired) electrons. The van der Waals surface area contributed by atoms with Gasteiger partial charge in [-0.25, -0.2) is 19.2 Å². The average Bonchev–Trinajstić information content (AvgIpc) is 2.95. The first-order chi connectivity index (χ1) is 20.5. The Balaban J connectivity index is 0.000000569. The summed E-state index contributed by atoms with van der Waals surface area (Å²) >= 11 is 0. The zero-order valence-electron chi connectivity index (χ0n) is 21.9. The quantitative estimate of drug-likeness (QED) is 0.111. The Bertz CT molecular complexity index is 1420. The third-order valence-corrected chi connectivity index (χ3v) is 4.98. The summed E-state index contributed by atoms with van der Waals surface area (Å²) in [7, 11) is 0. The van der Waals surface area contributed by atoms with Crippen LogP contribution >= 0.6 is 0 Å². The Labute approximate surface area is 256 Å². The second-order valence-corrected chi connectivity index (χ2v) is 7.91. The van der Waals surface area contributed by atoms with Gasteiger partial charge in [0.05, 0.1) is 0 Å². The highest BCUT2D eigenvalue weighted by atomic mass is 28.1. The predicted molar refractivity (Wildman–Crippen MR) is 158 cm³/mol. The summed E-state index contributed by atoms with van der Waals surface area (Å²) in [6, 6.07) is 15.0. The van der Waals surface area contributed by atoms with Gasteiger partial charge in [-0.2, -0.15) is 0 Å². The normalized spacial score (nSPS) is 9.24. The highest BCUT2D eigenvalue weighted by molar-refractivity contribution is 5.93. The van der Waals surface area contributed by atoms with Gasteiger partial charge in [-0.15, -0.1) is 0 Å². The molecule has 45 heavy (non-hydrogen) atoms. The number of aromatic hydroxyl groups is 8. The Morgan fingerprint density at radius 3 is 0.600 bits per heavy atom. The van der Waals surface area contributed by atoms with E-state index >= 15 is 0 Å². The van der Waals surface area contributed by atoms with E-state index in [0.29, 0.717) is 0 Å². The number of benzene rings is 4. The van der Waals surface area contributed by atoms with Crippen LogP contribution in [-0.2, 0) is 0 Å². The molecule has 17 heteroatoms. The second kappa shape index (κ2) is 17.4. The summed E-state index contributed by atoms with van der Waals surface area (Å²) < 4.78 is 0. The van der Waals surface area contributed by atoms with Crippen LogP contribution in [0.3, 0.4) is 0 Å². The molecule has 0 saturated carbocycles. The van der Waals surface area contributed by atoms with Crippen LogP contribution in [0, 0.1) is 0 Å². The topological polar surface area (TPSA) is 311 Å². The van der Waals surface area contributed by atoms with Crippen molar-refractivity contribution in [1.29, 1.82) is 0 Å². The van der Waals surface area contributed by atoms with E-state index in [9.17, 15) is 19.2 Å². The monoisotopic (exact) mass is 648 g/mol. The van der Waals surface area contributed by atoms with Crippen LogP contribution in [0.5, 0.6) is 46.0 Å². The molecular formula is C28H28O16Si. The van der Waals surface area contributed by atoms with Crippen molar-refractivity contribution in [2.45, 2.75) is 0 Å². The molecule has 0 aliphatic heterocycles. The molecule has 0 unspecified atom stereocenters. The molecule has 4 aromatic rings. The summed E-state index contributed by atoms with van der Waals surface area (Å²) in [6.07, 6.45) is 0. The van der Waals surface area contributed by atoms with E-state index in [1.54, 1.807) is 0 Å². The van der Waals surface area contributed by atoms with Crippen molar-refractivity contribution in [3.8, 4) is 46.0 Å². The number of carboxylic acids is 4. The minimum absolute atomic E-state index is 0.